The van der Waals surface area contributed by atoms with Crippen LogP contribution in [-0.2, 0) is 4.74 Å². The van der Waals surface area contributed by atoms with Crippen molar-refractivity contribution in [1.82, 2.24) is 4.98 Å². The smallest absolute Gasteiger partial charge is 0.127 e. The molecule has 0 fully saturated rings. The van der Waals surface area contributed by atoms with E-state index in [2.05, 4.69) is 22.9 Å². The standard InChI is InChI=1S/C12H15N3O/c1-10(2)9-16-6-5-15-12-7-11(8-13)3-4-14-12/h3-4,7H,1,5-6,9H2,2H3,(H,14,15). The molecule has 1 N–H and O–H groups in total. The molecule has 0 aliphatic rings. The van der Waals surface area contributed by atoms with Crippen molar-refractivity contribution in [2.24, 2.45) is 0 Å². The van der Waals surface area contributed by atoms with Crippen molar-refractivity contribution in [3.63, 3.8) is 0 Å². The maximum Gasteiger partial charge on any atom is 0.127 e. The molecule has 4 nitrogen and oxygen atoms in total. The Balaban J connectivity index is 2.27. The topological polar surface area (TPSA) is 57.9 Å². The van der Waals surface area contributed by atoms with E-state index >= 15 is 0 Å². The molecule has 0 radical (unpaired) electrons. The fourth-order valence-corrected chi connectivity index (χ4v) is 1.09. The first-order valence-electron chi connectivity index (χ1n) is 5.04. The molecule has 4 heteroatoms. The molecule has 1 aromatic rings. The Kier molecular flexibility index (Phi) is 5.03. The Morgan fingerprint density at radius 2 is 2.50 bits per heavy atom. The first kappa shape index (κ1) is 12.2. The van der Waals surface area contributed by atoms with Crippen LogP contribution in [0.2, 0.25) is 0 Å². The van der Waals surface area contributed by atoms with Crippen molar-refractivity contribution in [2.75, 3.05) is 25.1 Å². The van der Waals surface area contributed by atoms with Crippen LogP contribution in [0.5, 0.6) is 0 Å². The van der Waals surface area contributed by atoms with Gasteiger partial charge in [0.05, 0.1) is 24.8 Å². The molecule has 0 amide bonds. The summed E-state index contributed by atoms with van der Waals surface area (Å²) in [5.41, 5.74) is 1.60. The number of rotatable bonds is 6. The van der Waals surface area contributed by atoms with Crippen LogP contribution < -0.4 is 5.32 Å². The van der Waals surface area contributed by atoms with Crippen LogP contribution in [-0.4, -0.2) is 24.7 Å². The molecular weight excluding hydrogens is 202 g/mol. The summed E-state index contributed by atoms with van der Waals surface area (Å²) in [5, 5.41) is 11.8. The Bertz CT molecular complexity index is 395. The number of aromatic nitrogens is 1. The van der Waals surface area contributed by atoms with Gasteiger partial charge in [-0.1, -0.05) is 12.2 Å². The van der Waals surface area contributed by atoms with E-state index in [9.17, 15) is 0 Å². The summed E-state index contributed by atoms with van der Waals surface area (Å²) < 4.78 is 5.32. The molecule has 16 heavy (non-hydrogen) atoms. The molecule has 0 aliphatic heterocycles. The number of nitrogens with one attached hydrogen (secondary N) is 1. The lowest BCUT2D eigenvalue weighted by Crippen LogP contribution is -2.11. The number of ether oxygens (including phenoxy) is 1. The van der Waals surface area contributed by atoms with Crippen molar-refractivity contribution < 1.29 is 4.74 Å². The molecule has 0 aromatic carbocycles. The van der Waals surface area contributed by atoms with Crippen LogP contribution in [0.15, 0.2) is 30.5 Å². The molecule has 84 valence electrons. The number of anilines is 1. The molecule has 1 heterocycles. The summed E-state index contributed by atoms with van der Waals surface area (Å²) >= 11 is 0. The fourth-order valence-electron chi connectivity index (χ4n) is 1.09. The van der Waals surface area contributed by atoms with E-state index in [0.717, 1.165) is 5.57 Å². The zero-order chi connectivity index (χ0) is 11.8. The zero-order valence-electron chi connectivity index (χ0n) is 9.36. The highest BCUT2D eigenvalue weighted by Crippen LogP contribution is 2.04. The Labute approximate surface area is 95.6 Å². The maximum absolute atomic E-state index is 8.69. The van der Waals surface area contributed by atoms with E-state index in [1.165, 1.54) is 0 Å². The quantitative estimate of drug-likeness (QED) is 0.584. The normalized spacial score (nSPS) is 9.50. The first-order chi connectivity index (χ1) is 7.72. The van der Waals surface area contributed by atoms with Crippen molar-refractivity contribution >= 4 is 5.82 Å². The minimum Gasteiger partial charge on any atom is -0.375 e. The molecule has 0 bridgehead atoms. The van der Waals surface area contributed by atoms with E-state index in [4.69, 9.17) is 10.00 Å². The number of hydrogen-bond donors (Lipinski definition) is 1. The van der Waals surface area contributed by atoms with Gasteiger partial charge in [0, 0.05) is 12.7 Å². The maximum atomic E-state index is 8.69. The van der Waals surface area contributed by atoms with Crippen LogP contribution in [0.3, 0.4) is 0 Å². The van der Waals surface area contributed by atoms with Gasteiger partial charge in [-0.15, -0.1) is 0 Å². The highest BCUT2D eigenvalue weighted by Gasteiger charge is 1.95. The lowest BCUT2D eigenvalue weighted by Gasteiger charge is -2.06. The predicted molar refractivity (Wildman–Crippen MR) is 63.1 cm³/mol. The lowest BCUT2D eigenvalue weighted by atomic mass is 10.3. The Hall–Kier alpha value is -1.86. The minimum atomic E-state index is 0.577. The largest absolute Gasteiger partial charge is 0.375 e. The van der Waals surface area contributed by atoms with Gasteiger partial charge in [-0.3, -0.25) is 0 Å². The average Bonchev–Trinajstić information content (AvgIpc) is 2.28. The zero-order valence-corrected chi connectivity index (χ0v) is 9.36. The monoisotopic (exact) mass is 217 g/mol. The third-order valence-corrected chi connectivity index (χ3v) is 1.79. The third-order valence-electron chi connectivity index (χ3n) is 1.79. The summed E-state index contributed by atoms with van der Waals surface area (Å²) in [6.45, 7) is 7.49. The molecule has 0 saturated carbocycles. The number of pyridine rings is 1. The molecule has 1 rings (SSSR count). The molecule has 0 unspecified atom stereocenters. The first-order valence-corrected chi connectivity index (χ1v) is 5.04. The highest BCUT2D eigenvalue weighted by atomic mass is 16.5. The Morgan fingerprint density at radius 3 is 3.19 bits per heavy atom. The van der Waals surface area contributed by atoms with Crippen LogP contribution in [0.4, 0.5) is 5.82 Å². The second kappa shape index (κ2) is 6.59. The molecule has 1 aromatic heterocycles. The SMILES string of the molecule is C=C(C)COCCNc1cc(C#N)ccn1. The molecule has 0 saturated heterocycles. The van der Waals surface area contributed by atoms with E-state index in [1.807, 2.05) is 6.92 Å². The van der Waals surface area contributed by atoms with Gasteiger partial charge in [0.1, 0.15) is 5.82 Å². The van der Waals surface area contributed by atoms with Gasteiger partial charge in [-0.2, -0.15) is 5.26 Å². The van der Waals surface area contributed by atoms with Crippen LogP contribution >= 0.6 is 0 Å². The second-order valence-corrected chi connectivity index (χ2v) is 3.48. The summed E-state index contributed by atoms with van der Waals surface area (Å²) in [6, 6.07) is 5.44. The number of nitriles is 1. The van der Waals surface area contributed by atoms with Crippen molar-refractivity contribution in [3.05, 3.63) is 36.0 Å². The van der Waals surface area contributed by atoms with Gasteiger partial charge >= 0.3 is 0 Å². The van der Waals surface area contributed by atoms with Gasteiger partial charge in [0.15, 0.2) is 0 Å². The second-order valence-electron chi connectivity index (χ2n) is 3.48. The van der Waals surface area contributed by atoms with Gasteiger partial charge in [0.2, 0.25) is 0 Å². The van der Waals surface area contributed by atoms with E-state index in [1.54, 1.807) is 18.3 Å². The van der Waals surface area contributed by atoms with Crippen LogP contribution in [0.1, 0.15) is 12.5 Å². The summed E-state index contributed by atoms with van der Waals surface area (Å²) in [7, 11) is 0. The number of nitrogens with zero attached hydrogens (tertiary/aromatic N) is 2. The summed E-state index contributed by atoms with van der Waals surface area (Å²) in [4.78, 5) is 4.08. The van der Waals surface area contributed by atoms with Gasteiger partial charge in [-0.05, 0) is 19.1 Å². The van der Waals surface area contributed by atoms with E-state index in [0.29, 0.717) is 31.1 Å². The molecule has 0 atom stereocenters. The van der Waals surface area contributed by atoms with Crippen molar-refractivity contribution in [1.29, 1.82) is 5.26 Å². The van der Waals surface area contributed by atoms with Crippen molar-refractivity contribution in [2.45, 2.75) is 6.92 Å². The van der Waals surface area contributed by atoms with Crippen LogP contribution in [0.25, 0.3) is 0 Å². The van der Waals surface area contributed by atoms with Gasteiger partial charge in [-0.25, -0.2) is 4.98 Å². The lowest BCUT2D eigenvalue weighted by molar-refractivity contribution is 0.167. The molecule has 0 aliphatic carbocycles. The summed E-state index contributed by atoms with van der Waals surface area (Å²) in [6.07, 6.45) is 1.61. The molecule has 0 spiro atoms. The van der Waals surface area contributed by atoms with E-state index in [-0.39, 0.29) is 0 Å². The van der Waals surface area contributed by atoms with E-state index < -0.39 is 0 Å². The van der Waals surface area contributed by atoms with Gasteiger partial charge in [0.25, 0.3) is 0 Å². The average molecular weight is 217 g/mol. The van der Waals surface area contributed by atoms with Crippen LogP contribution in [0, 0.1) is 11.3 Å². The number of hydrogen-bond acceptors (Lipinski definition) is 4. The molecular formula is C12H15N3O. The third kappa shape index (κ3) is 4.58. The minimum absolute atomic E-state index is 0.577. The summed E-state index contributed by atoms with van der Waals surface area (Å²) in [5.74, 6) is 0.693. The highest BCUT2D eigenvalue weighted by molar-refractivity contribution is 5.42. The fraction of sp³-hybridized carbons (Fsp3) is 0.333. The predicted octanol–water partition coefficient (Wildman–Crippen LogP) is 1.96. The van der Waals surface area contributed by atoms with Crippen molar-refractivity contribution in [3.8, 4) is 6.07 Å². The Morgan fingerprint density at radius 1 is 1.69 bits per heavy atom. The van der Waals surface area contributed by atoms with Gasteiger partial charge < -0.3 is 10.1 Å².